The van der Waals surface area contributed by atoms with Crippen LogP contribution in [-0.2, 0) is 4.79 Å². The summed E-state index contributed by atoms with van der Waals surface area (Å²) in [5.74, 6) is -1.04. The largest absolute Gasteiger partial charge is 0.394 e. The minimum atomic E-state index is -2.01. The quantitative estimate of drug-likeness (QED) is 0.294. The van der Waals surface area contributed by atoms with E-state index in [1.54, 1.807) is 18.2 Å². The highest BCUT2D eigenvalue weighted by Crippen LogP contribution is 2.14. The molecule has 7 N–H and O–H groups in total. The first kappa shape index (κ1) is 17.6. The number of carbonyl (C=O) groups is 1. The molecule has 1 aromatic carbocycles. The number of rotatable bonds is 7. The number of nitrogens with one attached hydrogen (secondary N) is 2. The summed E-state index contributed by atoms with van der Waals surface area (Å²) in [5, 5.41) is 46.6. The molecule has 0 bridgehead atoms. The third-order valence-electron chi connectivity index (χ3n) is 2.68. The first-order valence-electron chi connectivity index (χ1n) is 6.01. The summed E-state index contributed by atoms with van der Waals surface area (Å²) in [5.41, 5.74) is 5.00. The molecule has 0 saturated carbocycles. The van der Waals surface area contributed by atoms with E-state index in [0.29, 0.717) is 10.7 Å². The van der Waals surface area contributed by atoms with Gasteiger partial charge < -0.3 is 25.5 Å². The van der Waals surface area contributed by atoms with Crippen LogP contribution in [0.4, 0.5) is 5.69 Å². The van der Waals surface area contributed by atoms with Gasteiger partial charge in [0.05, 0.1) is 12.3 Å². The minimum absolute atomic E-state index is 0.427. The summed E-state index contributed by atoms with van der Waals surface area (Å²) in [6, 6.07) is 6.36. The molecule has 0 spiro atoms. The Bertz CT molecular complexity index is 475. The fourth-order valence-electron chi connectivity index (χ4n) is 1.45. The maximum atomic E-state index is 11.6. The predicted octanol–water partition coefficient (Wildman–Crippen LogP) is -1.78. The van der Waals surface area contributed by atoms with Gasteiger partial charge in [-0.15, -0.1) is 0 Å². The molecule has 0 aliphatic carbocycles. The van der Waals surface area contributed by atoms with Crippen molar-refractivity contribution >= 4 is 23.2 Å². The lowest BCUT2D eigenvalue weighted by Gasteiger charge is -2.25. The lowest BCUT2D eigenvalue weighted by atomic mass is 10.0. The highest BCUT2D eigenvalue weighted by molar-refractivity contribution is 6.30. The first-order chi connectivity index (χ1) is 9.86. The maximum absolute atomic E-state index is 11.6. The van der Waals surface area contributed by atoms with E-state index >= 15 is 0 Å². The summed E-state index contributed by atoms with van der Waals surface area (Å²) in [7, 11) is 0. The number of amides is 1. The Balaban J connectivity index is 2.54. The van der Waals surface area contributed by atoms with Gasteiger partial charge in [-0.3, -0.25) is 15.6 Å². The fourth-order valence-corrected chi connectivity index (χ4v) is 1.64. The molecule has 0 heterocycles. The van der Waals surface area contributed by atoms with Crippen LogP contribution in [0.3, 0.4) is 0 Å². The molecule has 1 aromatic rings. The molecule has 0 aromatic heterocycles. The van der Waals surface area contributed by atoms with E-state index in [4.69, 9.17) is 21.8 Å². The Morgan fingerprint density at radius 3 is 2.43 bits per heavy atom. The third kappa shape index (κ3) is 5.12. The van der Waals surface area contributed by atoms with E-state index in [1.807, 2.05) is 0 Å². The van der Waals surface area contributed by atoms with Gasteiger partial charge in [0.15, 0.2) is 6.10 Å². The van der Waals surface area contributed by atoms with Crippen molar-refractivity contribution < 1.29 is 30.3 Å². The number of carbonyl (C=O) groups excluding carboxylic acids is 1. The van der Waals surface area contributed by atoms with Gasteiger partial charge in [0.2, 0.25) is 0 Å². The van der Waals surface area contributed by atoms with Gasteiger partial charge in [-0.25, -0.2) is 0 Å². The molecule has 4 atom stereocenters. The third-order valence-corrected chi connectivity index (χ3v) is 2.91. The van der Waals surface area contributed by atoms with Crippen LogP contribution in [0.25, 0.3) is 0 Å². The van der Waals surface area contributed by atoms with E-state index in [1.165, 1.54) is 6.07 Å². The minimum Gasteiger partial charge on any atom is -0.394 e. The van der Waals surface area contributed by atoms with Crippen LogP contribution in [-0.4, -0.2) is 62.5 Å². The number of aliphatic hydroxyl groups is 5. The Morgan fingerprint density at radius 2 is 1.86 bits per heavy atom. The van der Waals surface area contributed by atoms with Crippen molar-refractivity contribution in [2.45, 2.75) is 24.4 Å². The van der Waals surface area contributed by atoms with Gasteiger partial charge in [0, 0.05) is 5.02 Å². The molecule has 0 aliphatic heterocycles. The Morgan fingerprint density at radius 1 is 1.19 bits per heavy atom. The number of hydrazine groups is 1. The summed E-state index contributed by atoms with van der Waals surface area (Å²) < 4.78 is 0. The Labute approximate surface area is 125 Å². The smallest absolute Gasteiger partial charge is 0.269 e. The molecular weight excluding hydrogens is 304 g/mol. The Hall–Kier alpha value is -1.42. The van der Waals surface area contributed by atoms with Gasteiger partial charge >= 0.3 is 0 Å². The topological polar surface area (TPSA) is 142 Å². The van der Waals surface area contributed by atoms with Crippen LogP contribution in [0.5, 0.6) is 0 Å². The highest BCUT2D eigenvalue weighted by Gasteiger charge is 2.34. The number of anilines is 1. The van der Waals surface area contributed by atoms with Crippen LogP contribution in [0.2, 0.25) is 5.02 Å². The molecule has 9 heteroatoms. The molecule has 21 heavy (non-hydrogen) atoms. The van der Waals surface area contributed by atoms with Crippen molar-refractivity contribution in [2.75, 3.05) is 12.0 Å². The summed E-state index contributed by atoms with van der Waals surface area (Å²) in [6.07, 6.45) is -7.52. The lowest BCUT2D eigenvalue weighted by molar-refractivity contribution is -0.148. The number of halogens is 1. The average molecular weight is 321 g/mol. The molecule has 0 radical (unpaired) electrons. The molecule has 0 saturated heterocycles. The van der Waals surface area contributed by atoms with Crippen LogP contribution >= 0.6 is 11.6 Å². The second-order valence-electron chi connectivity index (χ2n) is 4.30. The first-order valence-corrected chi connectivity index (χ1v) is 6.39. The summed E-state index contributed by atoms with van der Waals surface area (Å²) in [4.78, 5) is 11.6. The molecule has 1 rings (SSSR count). The average Bonchev–Trinajstić information content (AvgIpc) is 2.49. The van der Waals surface area contributed by atoms with Gasteiger partial charge in [-0.05, 0) is 18.2 Å². The van der Waals surface area contributed by atoms with E-state index in [0.717, 1.165) is 0 Å². The van der Waals surface area contributed by atoms with Crippen LogP contribution in [0.1, 0.15) is 0 Å². The second-order valence-corrected chi connectivity index (χ2v) is 4.74. The zero-order valence-electron chi connectivity index (χ0n) is 10.8. The highest BCUT2D eigenvalue weighted by atomic mass is 35.5. The lowest BCUT2D eigenvalue weighted by Crippen LogP contribution is -2.52. The number of hydrogen-bond acceptors (Lipinski definition) is 7. The summed E-state index contributed by atoms with van der Waals surface area (Å²) >= 11 is 5.74. The normalized spacial score (nSPS) is 16.7. The monoisotopic (exact) mass is 320 g/mol. The van der Waals surface area contributed by atoms with Gasteiger partial charge in [0.1, 0.15) is 18.3 Å². The van der Waals surface area contributed by atoms with Crippen molar-refractivity contribution in [3.8, 4) is 0 Å². The van der Waals surface area contributed by atoms with Crippen molar-refractivity contribution in [1.29, 1.82) is 0 Å². The molecule has 118 valence electrons. The predicted molar refractivity (Wildman–Crippen MR) is 74.3 cm³/mol. The summed E-state index contributed by atoms with van der Waals surface area (Å²) in [6.45, 7) is -0.826. The van der Waals surface area contributed by atoms with Gasteiger partial charge in [0.25, 0.3) is 5.91 Å². The van der Waals surface area contributed by atoms with Crippen LogP contribution in [0, 0.1) is 0 Å². The molecule has 0 aliphatic rings. The SMILES string of the molecule is O=C(NNc1cccc(Cl)c1)[C@H](O)[C@@H](O)[C@H](O)[C@H](O)CO. The zero-order valence-corrected chi connectivity index (χ0v) is 11.6. The Kier molecular flexibility index (Phi) is 6.82. The van der Waals surface area contributed by atoms with Crippen molar-refractivity contribution in [3.63, 3.8) is 0 Å². The van der Waals surface area contributed by atoms with E-state index in [-0.39, 0.29) is 0 Å². The van der Waals surface area contributed by atoms with E-state index in [2.05, 4.69) is 10.9 Å². The van der Waals surface area contributed by atoms with E-state index in [9.17, 15) is 20.1 Å². The fraction of sp³-hybridized carbons (Fsp3) is 0.417. The molecule has 8 nitrogen and oxygen atoms in total. The van der Waals surface area contributed by atoms with Crippen molar-refractivity contribution in [3.05, 3.63) is 29.3 Å². The van der Waals surface area contributed by atoms with E-state index < -0.39 is 36.9 Å². The van der Waals surface area contributed by atoms with Crippen molar-refractivity contribution in [1.82, 2.24) is 5.43 Å². The number of hydrogen-bond donors (Lipinski definition) is 7. The maximum Gasteiger partial charge on any atom is 0.269 e. The van der Waals surface area contributed by atoms with Crippen LogP contribution in [0.15, 0.2) is 24.3 Å². The zero-order chi connectivity index (χ0) is 16.0. The van der Waals surface area contributed by atoms with Gasteiger partial charge in [-0.1, -0.05) is 17.7 Å². The van der Waals surface area contributed by atoms with Crippen molar-refractivity contribution in [2.24, 2.45) is 0 Å². The number of aliphatic hydroxyl groups excluding tert-OH is 5. The molecule has 0 fully saturated rings. The van der Waals surface area contributed by atoms with Crippen LogP contribution < -0.4 is 10.9 Å². The molecular formula is C12H17ClN2O6. The standard InChI is InChI=1S/C12H17ClN2O6/c13-6-2-1-3-7(4-6)14-15-12(21)11(20)10(19)9(18)8(17)5-16/h1-4,8-11,14,16-20H,5H2,(H,15,21)/t8-,9-,10+,11-/m1/s1. The van der Waals surface area contributed by atoms with Gasteiger partial charge in [-0.2, -0.15) is 0 Å². The molecule has 1 amide bonds. The number of benzene rings is 1. The molecule has 0 unspecified atom stereocenters. The second kappa shape index (κ2) is 8.13.